The quantitative estimate of drug-likeness (QED) is 0.128. The van der Waals surface area contributed by atoms with Gasteiger partial charge in [-0.1, -0.05) is 88.4 Å². The fourth-order valence-corrected chi connectivity index (χ4v) is 7.85. The minimum Gasteiger partial charge on any atom is -0.460 e. The van der Waals surface area contributed by atoms with Crippen molar-refractivity contribution in [3.05, 3.63) is 124 Å². The highest BCUT2D eigenvalue weighted by molar-refractivity contribution is 7.74. The molecule has 2 atom stereocenters. The number of nitrogens with one attached hydrogen (secondary N) is 1. The normalized spacial score (nSPS) is 13.2. The highest BCUT2D eigenvalue weighted by Gasteiger charge is 2.34. The van der Waals surface area contributed by atoms with E-state index in [1.165, 1.54) is 16.9 Å². The molecule has 3 aromatic carbocycles. The van der Waals surface area contributed by atoms with Gasteiger partial charge in [0.1, 0.15) is 18.2 Å². The third kappa shape index (κ3) is 10.2. The highest BCUT2D eigenvalue weighted by atomic mass is 31.2. The summed E-state index contributed by atoms with van der Waals surface area (Å²) in [6.07, 6.45) is 1.21. The van der Waals surface area contributed by atoms with Crippen molar-refractivity contribution < 1.29 is 28.2 Å². The molecule has 51 heavy (non-hydrogen) atoms. The Morgan fingerprint density at radius 2 is 1.41 bits per heavy atom. The molecule has 0 aliphatic carbocycles. The van der Waals surface area contributed by atoms with Gasteiger partial charge in [-0.3, -0.25) is 23.7 Å². The molecular formula is C40H48N3O7P. The predicted molar refractivity (Wildman–Crippen MR) is 199 cm³/mol. The van der Waals surface area contributed by atoms with E-state index in [1.807, 2.05) is 24.3 Å². The number of aromatic nitrogens is 2. The molecule has 1 heterocycles. The van der Waals surface area contributed by atoms with Gasteiger partial charge in [0.2, 0.25) is 5.91 Å². The summed E-state index contributed by atoms with van der Waals surface area (Å²) >= 11 is 0. The highest BCUT2D eigenvalue weighted by Crippen LogP contribution is 2.44. The molecule has 0 saturated carbocycles. The second-order valence-corrected chi connectivity index (χ2v) is 16.8. The fourth-order valence-electron chi connectivity index (χ4n) is 5.81. The number of ketones is 1. The summed E-state index contributed by atoms with van der Waals surface area (Å²) in [4.78, 5) is 54.6. The summed E-state index contributed by atoms with van der Waals surface area (Å²) in [5.41, 5.74) is 0.758. The largest absolute Gasteiger partial charge is 0.460 e. The zero-order chi connectivity index (χ0) is 37.4. The second kappa shape index (κ2) is 16.6. The Morgan fingerprint density at radius 3 is 1.96 bits per heavy atom. The van der Waals surface area contributed by atoms with Crippen molar-refractivity contribution in [2.24, 2.45) is 0 Å². The number of rotatable bonds is 14. The molecule has 0 aliphatic heterocycles. The van der Waals surface area contributed by atoms with Crippen LogP contribution in [0, 0.1) is 0 Å². The Labute approximate surface area is 300 Å². The SMILES string of the molecule is CCC(C(=O)NC(CC(=O)OC(C)(C)C)C(=O)COP(=O)(c1ccccc1)c1ccccc1)c1ccnn(Cc2ccccc2C(C)(C)C)c1=O. The Kier molecular flexibility index (Phi) is 12.7. The zero-order valence-electron chi connectivity index (χ0n) is 30.4. The van der Waals surface area contributed by atoms with Crippen molar-refractivity contribution in [1.29, 1.82) is 0 Å². The lowest BCUT2D eigenvalue weighted by atomic mass is 9.84. The van der Waals surface area contributed by atoms with Gasteiger partial charge in [0.25, 0.3) is 12.9 Å². The lowest BCUT2D eigenvalue weighted by Crippen LogP contribution is -2.47. The number of ether oxygens (including phenoxy) is 1. The van der Waals surface area contributed by atoms with E-state index in [0.29, 0.717) is 10.6 Å². The lowest BCUT2D eigenvalue weighted by molar-refractivity contribution is -0.156. The van der Waals surface area contributed by atoms with Crippen molar-refractivity contribution in [2.45, 2.75) is 90.8 Å². The number of nitrogens with zero attached hydrogens (tertiary/aromatic N) is 2. The van der Waals surface area contributed by atoms with Crippen molar-refractivity contribution in [3.8, 4) is 0 Å². The van der Waals surface area contributed by atoms with E-state index in [1.54, 1.807) is 88.4 Å². The summed E-state index contributed by atoms with van der Waals surface area (Å²) < 4.78 is 27.2. The van der Waals surface area contributed by atoms with Gasteiger partial charge in [-0.25, -0.2) is 4.68 Å². The average molecular weight is 714 g/mol. The molecule has 270 valence electrons. The van der Waals surface area contributed by atoms with Gasteiger partial charge >= 0.3 is 5.97 Å². The first-order valence-electron chi connectivity index (χ1n) is 17.1. The Hall–Kier alpha value is -4.66. The molecule has 1 aromatic heterocycles. The average Bonchev–Trinajstić information content (AvgIpc) is 3.08. The van der Waals surface area contributed by atoms with Crippen LogP contribution in [0.25, 0.3) is 0 Å². The van der Waals surface area contributed by atoms with Crippen LogP contribution in [-0.2, 0) is 40.2 Å². The number of amides is 1. The monoisotopic (exact) mass is 713 g/mol. The minimum absolute atomic E-state index is 0.168. The van der Waals surface area contributed by atoms with Gasteiger partial charge in [-0.05, 0) is 74.1 Å². The van der Waals surface area contributed by atoms with Gasteiger partial charge in [-0.2, -0.15) is 5.10 Å². The molecule has 1 N–H and O–H groups in total. The van der Waals surface area contributed by atoms with Crippen molar-refractivity contribution in [3.63, 3.8) is 0 Å². The summed E-state index contributed by atoms with van der Waals surface area (Å²) in [6, 6.07) is 25.1. The summed E-state index contributed by atoms with van der Waals surface area (Å²) in [6.45, 7) is 12.7. The molecular weight excluding hydrogens is 665 g/mol. The van der Waals surface area contributed by atoms with Gasteiger partial charge in [0, 0.05) is 22.4 Å². The number of carbonyl (C=O) groups is 3. The van der Waals surface area contributed by atoms with Crippen LogP contribution < -0.4 is 21.5 Å². The predicted octanol–water partition coefficient (Wildman–Crippen LogP) is 5.81. The van der Waals surface area contributed by atoms with Crippen LogP contribution >= 0.6 is 7.37 Å². The maximum Gasteiger partial charge on any atom is 0.308 e. The van der Waals surface area contributed by atoms with Crippen molar-refractivity contribution >= 4 is 35.6 Å². The molecule has 4 rings (SSSR count). The van der Waals surface area contributed by atoms with Crippen LogP contribution in [0.4, 0.5) is 0 Å². The van der Waals surface area contributed by atoms with Crippen LogP contribution in [0.5, 0.6) is 0 Å². The van der Waals surface area contributed by atoms with Gasteiger partial charge in [0.05, 0.1) is 18.9 Å². The lowest BCUT2D eigenvalue weighted by Gasteiger charge is -2.25. The number of Topliss-reactive ketones (excluding diaryl/α,β-unsaturated/α-hetero) is 1. The molecule has 4 aromatic rings. The standard InChI is InChI=1S/C40H48N3O7P/c1-8-31(32-23-24-41-43(38(32)47)26-28-17-15-16-22-33(28)39(2,3)4)37(46)42-34(25-36(45)50-40(5,6)7)35(44)27-49-51(48,29-18-11-9-12-19-29)30-20-13-10-14-21-30/h9-24,31,34H,8,25-27H2,1-7H3,(H,42,46). The van der Waals surface area contributed by atoms with E-state index in [9.17, 15) is 23.7 Å². The molecule has 1 amide bonds. The third-order valence-electron chi connectivity index (χ3n) is 8.26. The number of carbonyl (C=O) groups excluding carboxylic acids is 3. The van der Waals surface area contributed by atoms with Gasteiger partial charge in [-0.15, -0.1) is 0 Å². The number of hydrogen-bond donors (Lipinski definition) is 1. The topological polar surface area (TPSA) is 134 Å². The third-order valence-corrected chi connectivity index (χ3v) is 10.7. The molecule has 2 unspecified atom stereocenters. The van der Waals surface area contributed by atoms with Crippen LogP contribution in [-0.4, -0.2) is 45.7 Å². The Balaban J connectivity index is 1.62. The molecule has 0 aliphatic rings. The summed E-state index contributed by atoms with van der Waals surface area (Å²) in [5, 5.41) is 7.79. The van der Waals surface area contributed by atoms with Gasteiger partial charge in [0.15, 0.2) is 5.78 Å². The number of hydrogen-bond acceptors (Lipinski definition) is 8. The Bertz CT molecular complexity index is 1890. The maximum atomic E-state index is 14.4. The van der Waals surface area contributed by atoms with E-state index in [2.05, 4.69) is 31.2 Å². The van der Waals surface area contributed by atoms with Crippen molar-refractivity contribution in [2.75, 3.05) is 6.61 Å². The Morgan fingerprint density at radius 1 is 0.843 bits per heavy atom. The van der Waals surface area contributed by atoms with Crippen LogP contribution in [0.15, 0.2) is 102 Å². The molecule has 0 bridgehead atoms. The molecule has 0 saturated heterocycles. The molecule has 11 heteroatoms. The molecule has 0 fully saturated rings. The smallest absolute Gasteiger partial charge is 0.308 e. The van der Waals surface area contributed by atoms with Crippen LogP contribution in [0.1, 0.15) is 83.9 Å². The first kappa shape index (κ1) is 39.1. The summed E-state index contributed by atoms with van der Waals surface area (Å²) in [5.74, 6) is -2.98. The molecule has 0 spiro atoms. The van der Waals surface area contributed by atoms with Crippen LogP contribution in [0.2, 0.25) is 0 Å². The minimum atomic E-state index is -3.75. The first-order chi connectivity index (χ1) is 24.0. The van der Waals surface area contributed by atoms with E-state index in [-0.39, 0.29) is 23.9 Å². The van der Waals surface area contributed by atoms with E-state index < -0.39 is 61.2 Å². The molecule has 10 nitrogen and oxygen atoms in total. The first-order valence-corrected chi connectivity index (χ1v) is 18.7. The van der Waals surface area contributed by atoms with Gasteiger partial charge < -0.3 is 14.6 Å². The molecule has 0 radical (unpaired) electrons. The number of benzene rings is 3. The summed E-state index contributed by atoms with van der Waals surface area (Å²) in [7, 11) is -3.75. The fraction of sp³-hybridized carbons (Fsp3) is 0.375. The second-order valence-electron chi connectivity index (χ2n) is 14.4. The van der Waals surface area contributed by atoms with Crippen LogP contribution in [0.3, 0.4) is 0 Å². The van der Waals surface area contributed by atoms with E-state index in [4.69, 9.17) is 9.26 Å². The number of esters is 1. The zero-order valence-corrected chi connectivity index (χ0v) is 31.3. The van der Waals surface area contributed by atoms with E-state index in [0.717, 1.165) is 11.1 Å². The van der Waals surface area contributed by atoms with E-state index >= 15 is 0 Å². The van der Waals surface area contributed by atoms with Crippen molar-refractivity contribution in [1.82, 2.24) is 15.1 Å². The maximum absolute atomic E-state index is 14.4.